The van der Waals surface area contributed by atoms with Crippen molar-refractivity contribution in [2.24, 2.45) is 0 Å². The normalized spacial score (nSPS) is 9.77. The largest absolute Gasteiger partial charge is 0.513 e. The molecule has 0 fully saturated rings. The van der Waals surface area contributed by atoms with Crippen LogP contribution in [0, 0.1) is 0 Å². The summed E-state index contributed by atoms with van der Waals surface area (Å²) in [7, 11) is 1.13. The van der Waals surface area contributed by atoms with Crippen molar-refractivity contribution in [1.82, 2.24) is 5.32 Å². The average Bonchev–Trinajstić information content (AvgIpc) is 2.56. The van der Waals surface area contributed by atoms with Crippen LogP contribution in [0.15, 0.2) is 23.4 Å². The lowest BCUT2D eigenvalue weighted by Crippen LogP contribution is -2.33. The molecule has 0 atom stereocenters. The van der Waals surface area contributed by atoms with Crippen molar-refractivity contribution in [3.63, 3.8) is 0 Å². The van der Waals surface area contributed by atoms with Crippen molar-refractivity contribution in [2.45, 2.75) is 20.8 Å². The first kappa shape index (κ1) is 21.6. The minimum absolute atomic E-state index is 0.000435. The molecule has 0 radical (unpaired) electrons. The molecule has 0 aliphatic carbocycles. The number of benzene rings is 1. The van der Waals surface area contributed by atoms with Crippen LogP contribution in [-0.4, -0.2) is 31.9 Å². The molecule has 1 aromatic carbocycles. The molecule has 142 valence electrons. The molecule has 2 amide bonds. The fourth-order valence-electron chi connectivity index (χ4n) is 1.69. The predicted molar refractivity (Wildman–Crippen MR) is 96.7 cm³/mol. The zero-order chi connectivity index (χ0) is 19.9. The molecule has 0 bridgehead atoms. The Bertz CT molecular complexity index is 745. The van der Waals surface area contributed by atoms with Crippen LogP contribution in [0.5, 0.6) is 5.75 Å². The highest BCUT2D eigenvalue weighted by Crippen LogP contribution is 2.34. The lowest BCUT2D eigenvalue weighted by molar-refractivity contribution is -0.138. The third-order valence-electron chi connectivity index (χ3n) is 2.85. The molecule has 10 heteroatoms. The van der Waals surface area contributed by atoms with Gasteiger partial charge in [-0.15, -0.1) is 0 Å². The Labute approximate surface area is 160 Å². The Morgan fingerprint density at radius 3 is 2.31 bits per heavy atom. The maximum atomic E-state index is 12.2. The molecule has 0 saturated carbocycles. The summed E-state index contributed by atoms with van der Waals surface area (Å²) in [6.07, 6.45) is -0.987. The Balaban J connectivity index is 2.98. The van der Waals surface area contributed by atoms with Crippen LogP contribution >= 0.6 is 23.2 Å². The van der Waals surface area contributed by atoms with Crippen molar-refractivity contribution in [3.8, 4) is 5.75 Å². The van der Waals surface area contributed by atoms with Gasteiger partial charge in [-0.3, -0.25) is 0 Å². The number of amides is 2. The fraction of sp³-hybridized carbons (Fsp3) is 0.312. The van der Waals surface area contributed by atoms with Crippen LogP contribution in [0.4, 0.5) is 15.3 Å². The number of ether oxygens (including phenoxy) is 3. The summed E-state index contributed by atoms with van der Waals surface area (Å²) in [5.74, 6) is -0.731. The van der Waals surface area contributed by atoms with E-state index in [2.05, 4.69) is 15.4 Å². The van der Waals surface area contributed by atoms with E-state index in [1.807, 2.05) is 0 Å². The van der Waals surface area contributed by atoms with Crippen LogP contribution in [0.25, 0.3) is 0 Å². The topological polar surface area (TPSA) is 103 Å². The summed E-state index contributed by atoms with van der Waals surface area (Å²) >= 11 is 12.0. The van der Waals surface area contributed by atoms with E-state index >= 15 is 0 Å². The van der Waals surface area contributed by atoms with Crippen LogP contribution in [0.3, 0.4) is 0 Å². The standard InChI is InChI=1S/C16H18Cl2N2O6/c1-5-25-14(21)13(8(2)3)20-15(22)19-11-7-12(26-16(23)24-4)10(18)6-9(11)17/h6-7H,5H2,1-4H3,(H2,19,20,22). The summed E-state index contributed by atoms with van der Waals surface area (Å²) in [6.45, 7) is 5.10. The third kappa shape index (κ3) is 6.12. The molecule has 2 N–H and O–H groups in total. The van der Waals surface area contributed by atoms with Crippen LogP contribution in [0.1, 0.15) is 20.8 Å². The van der Waals surface area contributed by atoms with Crippen LogP contribution in [0.2, 0.25) is 10.0 Å². The van der Waals surface area contributed by atoms with E-state index < -0.39 is 18.2 Å². The maximum Gasteiger partial charge on any atom is 0.513 e. The number of esters is 1. The summed E-state index contributed by atoms with van der Waals surface area (Å²) in [5, 5.41) is 4.97. The third-order valence-corrected chi connectivity index (χ3v) is 3.46. The molecule has 1 rings (SSSR count). The number of nitrogens with one attached hydrogen (secondary N) is 2. The summed E-state index contributed by atoms with van der Waals surface area (Å²) in [6, 6.07) is 1.78. The Kier molecular flexibility index (Phi) is 8.21. The number of anilines is 1. The molecule has 0 aromatic heterocycles. The highest BCUT2D eigenvalue weighted by atomic mass is 35.5. The number of allylic oxidation sites excluding steroid dienone is 1. The second kappa shape index (κ2) is 9.88. The highest BCUT2D eigenvalue weighted by Gasteiger charge is 2.18. The van der Waals surface area contributed by atoms with Gasteiger partial charge in [-0.2, -0.15) is 0 Å². The van der Waals surface area contributed by atoms with Gasteiger partial charge in [-0.25, -0.2) is 14.4 Å². The molecular weight excluding hydrogens is 387 g/mol. The smallest absolute Gasteiger partial charge is 0.461 e. The fourth-order valence-corrected chi connectivity index (χ4v) is 2.15. The number of carbonyl (C=O) groups is 3. The number of rotatable bonds is 5. The lowest BCUT2D eigenvalue weighted by atomic mass is 10.2. The van der Waals surface area contributed by atoms with E-state index in [9.17, 15) is 14.4 Å². The van der Waals surface area contributed by atoms with E-state index in [1.54, 1.807) is 20.8 Å². The summed E-state index contributed by atoms with van der Waals surface area (Å²) < 4.78 is 14.1. The number of carbonyl (C=O) groups excluding carboxylic acids is 3. The van der Waals surface area contributed by atoms with E-state index in [-0.39, 0.29) is 33.8 Å². The summed E-state index contributed by atoms with van der Waals surface area (Å²) in [4.78, 5) is 35.2. The lowest BCUT2D eigenvalue weighted by Gasteiger charge is -2.14. The molecule has 1 aromatic rings. The van der Waals surface area contributed by atoms with Crippen molar-refractivity contribution in [2.75, 3.05) is 19.0 Å². The van der Waals surface area contributed by atoms with E-state index in [0.717, 1.165) is 7.11 Å². The first-order valence-electron chi connectivity index (χ1n) is 7.37. The van der Waals surface area contributed by atoms with Crippen molar-refractivity contribution < 1.29 is 28.6 Å². The van der Waals surface area contributed by atoms with Crippen LogP contribution < -0.4 is 15.4 Å². The molecule has 0 saturated heterocycles. The van der Waals surface area contributed by atoms with Crippen molar-refractivity contribution >= 4 is 47.0 Å². The quantitative estimate of drug-likeness (QED) is 0.434. The minimum Gasteiger partial charge on any atom is -0.461 e. The van der Waals surface area contributed by atoms with Crippen molar-refractivity contribution in [1.29, 1.82) is 0 Å². The van der Waals surface area contributed by atoms with Crippen LogP contribution in [-0.2, 0) is 14.3 Å². The Morgan fingerprint density at radius 2 is 1.77 bits per heavy atom. The molecule has 0 unspecified atom stereocenters. The second-order valence-corrected chi connectivity index (χ2v) is 5.81. The molecule has 0 aliphatic rings. The first-order chi connectivity index (χ1) is 12.2. The van der Waals surface area contributed by atoms with Gasteiger partial charge >= 0.3 is 18.2 Å². The zero-order valence-corrected chi connectivity index (χ0v) is 16.1. The Morgan fingerprint density at radius 1 is 1.12 bits per heavy atom. The average molecular weight is 405 g/mol. The first-order valence-corrected chi connectivity index (χ1v) is 8.12. The van der Waals surface area contributed by atoms with Crippen molar-refractivity contribution in [3.05, 3.63) is 33.4 Å². The Hall–Kier alpha value is -2.45. The molecule has 0 spiro atoms. The number of methoxy groups -OCH3 is 1. The zero-order valence-electron chi connectivity index (χ0n) is 14.6. The van der Waals surface area contributed by atoms with Gasteiger partial charge in [0, 0.05) is 6.07 Å². The van der Waals surface area contributed by atoms with Gasteiger partial charge < -0.3 is 24.8 Å². The number of urea groups is 1. The van der Waals surface area contributed by atoms with Gasteiger partial charge in [-0.1, -0.05) is 23.2 Å². The highest BCUT2D eigenvalue weighted by molar-refractivity contribution is 6.37. The molecule has 0 heterocycles. The molecule has 26 heavy (non-hydrogen) atoms. The van der Waals surface area contributed by atoms with E-state index in [0.29, 0.717) is 5.57 Å². The second-order valence-electron chi connectivity index (χ2n) is 4.99. The predicted octanol–water partition coefficient (Wildman–Crippen LogP) is 4.12. The van der Waals surface area contributed by atoms with E-state index in [4.69, 9.17) is 32.7 Å². The molecular formula is C16H18Cl2N2O6. The number of halogens is 2. The van der Waals surface area contributed by atoms with E-state index in [1.165, 1.54) is 12.1 Å². The van der Waals surface area contributed by atoms with Gasteiger partial charge in [0.15, 0.2) is 5.75 Å². The van der Waals surface area contributed by atoms with Gasteiger partial charge in [0.1, 0.15) is 5.70 Å². The molecule has 8 nitrogen and oxygen atoms in total. The maximum absolute atomic E-state index is 12.2. The van der Waals surface area contributed by atoms with Gasteiger partial charge in [-0.05, 0) is 32.4 Å². The monoisotopic (exact) mass is 404 g/mol. The number of hydrogen-bond donors (Lipinski definition) is 2. The SMILES string of the molecule is CCOC(=O)C(NC(=O)Nc1cc(OC(=O)OC)c(Cl)cc1Cl)=C(C)C. The summed E-state index contributed by atoms with van der Waals surface area (Å²) in [5.41, 5.74) is 0.653. The molecule has 0 aliphatic heterocycles. The van der Waals surface area contributed by atoms with Gasteiger partial charge in [0.05, 0.1) is 29.4 Å². The number of hydrogen-bond acceptors (Lipinski definition) is 6. The van der Waals surface area contributed by atoms with Gasteiger partial charge in [0.25, 0.3) is 0 Å². The van der Waals surface area contributed by atoms with Gasteiger partial charge in [0.2, 0.25) is 0 Å². The minimum atomic E-state index is -0.987.